The predicted octanol–water partition coefficient (Wildman–Crippen LogP) is 4.28. The van der Waals surface area contributed by atoms with Crippen LogP contribution in [0.4, 0.5) is 5.69 Å². The van der Waals surface area contributed by atoms with E-state index in [0.717, 1.165) is 36.8 Å². The Kier molecular flexibility index (Phi) is 6.36. The van der Waals surface area contributed by atoms with Crippen molar-refractivity contribution in [2.24, 2.45) is 11.0 Å². The molecule has 2 amide bonds. The van der Waals surface area contributed by atoms with Gasteiger partial charge in [0, 0.05) is 17.2 Å². The molecule has 27 heavy (non-hydrogen) atoms. The van der Waals surface area contributed by atoms with Gasteiger partial charge in [0.15, 0.2) is 0 Å². The van der Waals surface area contributed by atoms with Gasteiger partial charge in [-0.15, -0.1) is 0 Å². The lowest BCUT2D eigenvalue weighted by molar-refractivity contribution is -0.120. The van der Waals surface area contributed by atoms with Crippen LogP contribution < -0.4 is 10.7 Å². The summed E-state index contributed by atoms with van der Waals surface area (Å²) in [4.78, 5) is 24.5. The first-order valence-corrected chi connectivity index (χ1v) is 9.43. The number of carbonyl (C=O) groups excluding carboxylic acids is 2. The maximum Gasteiger partial charge on any atom is 0.271 e. The first-order valence-electron chi connectivity index (χ1n) is 9.43. The number of anilines is 1. The molecule has 0 aromatic heterocycles. The smallest absolute Gasteiger partial charge is 0.271 e. The van der Waals surface area contributed by atoms with Crippen LogP contribution in [-0.2, 0) is 4.79 Å². The Morgan fingerprint density at radius 2 is 1.70 bits per heavy atom. The Morgan fingerprint density at radius 3 is 2.41 bits per heavy atom. The molecule has 5 heteroatoms. The van der Waals surface area contributed by atoms with E-state index in [4.69, 9.17) is 0 Å². The third-order valence-corrected chi connectivity index (χ3v) is 4.95. The van der Waals surface area contributed by atoms with Crippen molar-refractivity contribution >= 4 is 23.7 Å². The monoisotopic (exact) mass is 363 g/mol. The standard InChI is InChI=1S/C22H25N3O2/c1-16-7-5-6-10-19(16)15-23-25-22(27)18-11-13-20(14-12-18)24-21(26)17-8-3-2-4-9-17/h5-7,10-15,17H,2-4,8-9H2,1H3,(H,24,26)(H,25,27)/b23-15+. The molecule has 2 aromatic rings. The third kappa shape index (κ3) is 5.26. The molecular weight excluding hydrogens is 338 g/mol. The Labute approximate surface area is 159 Å². The van der Waals surface area contributed by atoms with Crippen molar-refractivity contribution in [2.45, 2.75) is 39.0 Å². The van der Waals surface area contributed by atoms with Gasteiger partial charge in [0.05, 0.1) is 6.21 Å². The maximum atomic E-state index is 12.3. The lowest BCUT2D eigenvalue weighted by atomic mass is 9.88. The Morgan fingerprint density at radius 1 is 1.00 bits per heavy atom. The second-order valence-corrected chi connectivity index (χ2v) is 6.96. The SMILES string of the molecule is Cc1ccccc1/C=N/NC(=O)c1ccc(NC(=O)C2CCCCC2)cc1. The van der Waals surface area contributed by atoms with Crippen molar-refractivity contribution in [2.75, 3.05) is 5.32 Å². The second kappa shape index (κ2) is 9.12. The fourth-order valence-corrected chi connectivity index (χ4v) is 3.27. The molecule has 2 aromatic carbocycles. The summed E-state index contributed by atoms with van der Waals surface area (Å²) in [6.07, 6.45) is 7.03. The second-order valence-electron chi connectivity index (χ2n) is 6.96. The topological polar surface area (TPSA) is 70.6 Å². The molecular formula is C22H25N3O2. The van der Waals surface area contributed by atoms with Gasteiger partial charge < -0.3 is 5.32 Å². The molecule has 2 N–H and O–H groups in total. The van der Waals surface area contributed by atoms with E-state index in [2.05, 4.69) is 15.8 Å². The van der Waals surface area contributed by atoms with E-state index in [-0.39, 0.29) is 17.7 Å². The average Bonchev–Trinajstić information content (AvgIpc) is 2.70. The van der Waals surface area contributed by atoms with Crippen LogP contribution in [0.25, 0.3) is 0 Å². The van der Waals surface area contributed by atoms with Crippen LogP contribution in [0.5, 0.6) is 0 Å². The van der Waals surface area contributed by atoms with Gasteiger partial charge in [-0.1, -0.05) is 43.5 Å². The number of hydrogen-bond acceptors (Lipinski definition) is 3. The summed E-state index contributed by atoms with van der Waals surface area (Å²) in [5, 5.41) is 6.96. The number of nitrogens with zero attached hydrogens (tertiary/aromatic N) is 1. The molecule has 3 rings (SSSR count). The largest absolute Gasteiger partial charge is 0.326 e. The van der Waals surface area contributed by atoms with Gasteiger partial charge in [-0.3, -0.25) is 9.59 Å². The first-order chi connectivity index (χ1) is 13.1. The van der Waals surface area contributed by atoms with E-state index in [1.54, 1.807) is 30.5 Å². The Hall–Kier alpha value is -2.95. The molecule has 0 aliphatic heterocycles. The molecule has 0 saturated heterocycles. The molecule has 5 nitrogen and oxygen atoms in total. The number of benzene rings is 2. The fraction of sp³-hybridized carbons (Fsp3) is 0.318. The highest BCUT2D eigenvalue weighted by atomic mass is 16.2. The molecule has 1 aliphatic carbocycles. The zero-order valence-electron chi connectivity index (χ0n) is 15.6. The highest BCUT2D eigenvalue weighted by Crippen LogP contribution is 2.25. The van der Waals surface area contributed by atoms with Gasteiger partial charge in [-0.05, 0) is 55.2 Å². The third-order valence-electron chi connectivity index (χ3n) is 4.95. The van der Waals surface area contributed by atoms with Crippen LogP contribution >= 0.6 is 0 Å². The average molecular weight is 363 g/mol. The van der Waals surface area contributed by atoms with Crippen molar-refractivity contribution in [1.82, 2.24) is 5.43 Å². The molecule has 0 spiro atoms. The molecule has 1 fully saturated rings. The highest BCUT2D eigenvalue weighted by molar-refractivity contribution is 5.96. The van der Waals surface area contributed by atoms with E-state index in [1.165, 1.54) is 6.42 Å². The minimum Gasteiger partial charge on any atom is -0.326 e. The Bertz CT molecular complexity index is 822. The number of carbonyl (C=O) groups is 2. The lowest BCUT2D eigenvalue weighted by Gasteiger charge is -2.20. The van der Waals surface area contributed by atoms with Crippen molar-refractivity contribution in [3.63, 3.8) is 0 Å². The summed E-state index contributed by atoms with van der Waals surface area (Å²) in [6.45, 7) is 1.99. The number of nitrogens with one attached hydrogen (secondary N) is 2. The van der Waals surface area contributed by atoms with E-state index in [0.29, 0.717) is 11.3 Å². The minimum absolute atomic E-state index is 0.0785. The zero-order chi connectivity index (χ0) is 19.1. The fourth-order valence-electron chi connectivity index (χ4n) is 3.27. The zero-order valence-corrected chi connectivity index (χ0v) is 15.6. The molecule has 0 radical (unpaired) electrons. The predicted molar refractivity (Wildman–Crippen MR) is 108 cm³/mol. The van der Waals surface area contributed by atoms with Crippen LogP contribution in [0.15, 0.2) is 53.6 Å². The number of hydrogen-bond donors (Lipinski definition) is 2. The van der Waals surface area contributed by atoms with E-state index < -0.39 is 0 Å². The lowest BCUT2D eigenvalue weighted by Crippen LogP contribution is -2.24. The first kappa shape index (κ1) is 18.8. The van der Waals surface area contributed by atoms with Gasteiger partial charge in [-0.2, -0.15) is 5.10 Å². The summed E-state index contributed by atoms with van der Waals surface area (Å²) in [5.41, 5.74) is 5.78. The number of aryl methyl sites for hydroxylation is 1. The van der Waals surface area contributed by atoms with Crippen molar-refractivity contribution in [3.8, 4) is 0 Å². The molecule has 140 valence electrons. The molecule has 0 unspecified atom stereocenters. The quantitative estimate of drug-likeness (QED) is 0.615. The van der Waals surface area contributed by atoms with Crippen molar-refractivity contribution in [1.29, 1.82) is 0 Å². The maximum absolute atomic E-state index is 12.3. The van der Waals surface area contributed by atoms with E-state index >= 15 is 0 Å². The van der Waals surface area contributed by atoms with Crippen molar-refractivity contribution in [3.05, 3.63) is 65.2 Å². The van der Waals surface area contributed by atoms with Gasteiger partial charge in [0.2, 0.25) is 5.91 Å². The number of hydrazone groups is 1. The summed E-state index contributed by atoms with van der Waals surface area (Å²) >= 11 is 0. The van der Waals surface area contributed by atoms with Crippen LogP contribution in [-0.4, -0.2) is 18.0 Å². The molecule has 1 saturated carbocycles. The van der Waals surface area contributed by atoms with Gasteiger partial charge in [0.25, 0.3) is 5.91 Å². The van der Waals surface area contributed by atoms with Gasteiger partial charge in [0.1, 0.15) is 0 Å². The Balaban J connectivity index is 1.54. The molecule has 0 heterocycles. The van der Waals surface area contributed by atoms with Crippen LogP contribution in [0.3, 0.4) is 0 Å². The molecule has 0 atom stereocenters. The van der Waals surface area contributed by atoms with Crippen molar-refractivity contribution < 1.29 is 9.59 Å². The highest BCUT2D eigenvalue weighted by Gasteiger charge is 2.21. The van der Waals surface area contributed by atoms with Crippen LogP contribution in [0.2, 0.25) is 0 Å². The normalized spacial score (nSPS) is 14.9. The molecule has 0 bridgehead atoms. The summed E-state index contributed by atoms with van der Waals surface area (Å²) < 4.78 is 0. The van der Waals surface area contributed by atoms with Crippen LogP contribution in [0.1, 0.15) is 53.6 Å². The van der Waals surface area contributed by atoms with Gasteiger partial charge in [-0.25, -0.2) is 5.43 Å². The van der Waals surface area contributed by atoms with Gasteiger partial charge >= 0.3 is 0 Å². The minimum atomic E-state index is -0.287. The molecule has 1 aliphatic rings. The number of amides is 2. The summed E-state index contributed by atoms with van der Waals surface area (Å²) in [7, 11) is 0. The van der Waals surface area contributed by atoms with E-state index in [1.807, 2.05) is 31.2 Å². The van der Waals surface area contributed by atoms with Crippen LogP contribution in [0, 0.1) is 12.8 Å². The van der Waals surface area contributed by atoms with E-state index in [9.17, 15) is 9.59 Å². The summed E-state index contributed by atoms with van der Waals surface area (Å²) in [5.74, 6) is -0.0998. The number of rotatable bonds is 5. The summed E-state index contributed by atoms with van der Waals surface area (Å²) in [6, 6.07) is 14.7.